The van der Waals surface area contributed by atoms with Gasteiger partial charge in [0, 0.05) is 12.2 Å². The fraction of sp³-hybridized carbons (Fsp3) is 0.533. The molecule has 0 saturated carbocycles. The van der Waals surface area contributed by atoms with Gasteiger partial charge in [-0.1, -0.05) is 12.8 Å². The second kappa shape index (κ2) is 9.50. The van der Waals surface area contributed by atoms with Gasteiger partial charge in [0.2, 0.25) is 0 Å². The molecule has 0 aliphatic carbocycles. The first-order valence-corrected chi connectivity index (χ1v) is 8.39. The van der Waals surface area contributed by atoms with Gasteiger partial charge in [-0.3, -0.25) is 0 Å². The molecule has 0 saturated heterocycles. The van der Waals surface area contributed by atoms with Crippen molar-refractivity contribution < 1.29 is 13.9 Å². The number of esters is 1. The molecule has 118 valence electrons. The van der Waals surface area contributed by atoms with Crippen LogP contribution in [0.5, 0.6) is 0 Å². The predicted octanol–water partition coefficient (Wildman–Crippen LogP) is 3.53. The lowest BCUT2D eigenvalue weighted by Crippen LogP contribution is -2.10. The quantitative estimate of drug-likeness (QED) is 0.415. The zero-order valence-electron chi connectivity index (χ0n) is 12.6. The van der Waals surface area contributed by atoms with Gasteiger partial charge >= 0.3 is 5.97 Å². The molecule has 4 nitrogen and oxygen atoms in total. The zero-order chi connectivity index (χ0) is 15.7. The first kappa shape index (κ1) is 17.6. The number of hydrogen-bond acceptors (Lipinski definition) is 5. The molecule has 6 heteroatoms. The van der Waals surface area contributed by atoms with E-state index in [0.717, 1.165) is 18.9 Å². The van der Waals surface area contributed by atoms with Crippen molar-refractivity contribution in [1.82, 2.24) is 0 Å². The fourth-order valence-corrected chi connectivity index (χ4v) is 2.45. The van der Waals surface area contributed by atoms with Crippen LogP contribution in [-0.2, 0) is 4.74 Å². The van der Waals surface area contributed by atoms with E-state index in [1.807, 2.05) is 11.8 Å². The van der Waals surface area contributed by atoms with Crippen molar-refractivity contribution >= 4 is 29.1 Å². The lowest BCUT2D eigenvalue weighted by atomic mass is 10.1. The van der Waals surface area contributed by atoms with Crippen LogP contribution in [0.4, 0.5) is 15.8 Å². The summed E-state index contributed by atoms with van der Waals surface area (Å²) >= 11 is 1.85. The third-order valence-electron chi connectivity index (χ3n) is 3.14. The molecule has 0 amide bonds. The summed E-state index contributed by atoms with van der Waals surface area (Å²) in [7, 11) is 1.27. The Bertz CT molecular complexity index is 469. The van der Waals surface area contributed by atoms with Gasteiger partial charge in [-0.05, 0) is 37.0 Å². The van der Waals surface area contributed by atoms with Crippen LogP contribution in [-0.4, -0.2) is 31.6 Å². The van der Waals surface area contributed by atoms with Crippen molar-refractivity contribution in [3.8, 4) is 0 Å². The molecule has 0 aliphatic heterocycles. The molecule has 1 aromatic carbocycles. The van der Waals surface area contributed by atoms with Crippen LogP contribution >= 0.6 is 11.8 Å². The summed E-state index contributed by atoms with van der Waals surface area (Å²) in [6, 6.07) is 2.55. The number of rotatable bonds is 9. The minimum absolute atomic E-state index is 0.0852. The highest BCUT2D eigenvalue weighted by molar-refractivity contribution is 7.98. The summed E-state index contributed by atoms with van der Waals surface area (Å²) in [6.07, 6.45) is 6.56. The summed E-state index contributed by atoms with van der Waals surface area (Å²) in [4.78, 5) is 11.5. The van der Waals surface area contributed by atoms with E-state index in [9.17, 15) is 9.18 Å². The molecule has 0 atom stereocenters. The Morgan fingerprint density at radius 3 is 2.71 bits per heavy atom. The maximum atomic E-state index is 13.8. The molecule has 0 aliphatic rings. The third kappa shape index (κ3) is 5.83. The van der Waals surface area contributed by atoms with E-state index in [0.29, 0.717) is 6.54 Å². The molecule has 0 bridgehead atoms. The number of nitrogens with two attached hydrogens (primary N) is 1. The Morgan fingerprint density at radius 1 is 1.33 bits per heavy atom. The van der Waals surface area contributed by atoms with Crippen molar-refractivity contribution in [2.45, 2.75) is 25.7 Å². The molecule has 0 spiro atoms. The van der Waals surface area contributed by atoms with Crippen molar-refractivity contribution in [2.75, 3.05) is 36.7 Å². The Kier molecular flexibility index (Phi) is 7.97. The van der Waals surface area contributed by atoms with Crippen molar-refractivity contribution in [3.63, 3.8) is 0 Å². The molecule has 0 fully saturated rings. The van der Waals surface area contributed by atoms with Crippen molar-refractivity contribution in [1.29, 1.82) is 0 Å². The second-order valence-corrected chi connectivity index (χ2v) is 5.73. The van der Waals surface area contributed by atoms with Crippen LogP contribution in [0.1, 0.15) is 36.0 Å². The molecular weight excluding hydrogens is 291 g/mol. The largest absolute Gasteiger partial charge is 0.465 e. The summed E-state index contributed by atoms with van der Waals surface area (Å²) in [6.45, 7) is 0.667. The maximum absolute atomic E-state index is 13.8. The fourth-order valence-electron chi connectivity index (χ4n) is 1.96. The smallest absolute Gasteiger partial charge is 0.340 e. The first-order chi connectivity index (χ1) is 10.1. The number of benzene rings is 1. The summed E-state index contributed by atoms with van der Waals surface area (Å²) < 4.78 is 18.4. The number of carbonyl (C=O) groups is 1. The topological polar surface area (TPSA) is 64.3 Å². The number of ether oxygens (including phenoxy) is 1. The van der Waals surface area contributed by atoms with Crippen molar-refractivity contribution in [3.05, 3.63) is 23.5 Å². The van der Waals surface area contributed by atoms with Crippen LogP contribution in [0.25, 0.3) is 0 Å². The van der Waals surface area contributed by atoms with Crippen LogP contribution in [0.2, 0.25) is 0 Å². The van der Waals surface area contributed by atoms with Crippen LogP contribution in [0.15, 0.2) is 12.1 Å². The Morgan fingerprint density at radius 2 is 2.05 bits per heavy atom. The number of nitrogen functional groups attached to an aromatic ring is 1. The van der Waals surface area contributed by atoms with Gasteiger partial charge in [0.05, 0.1) is 18.4 Å². The van der Waals surface area contributed by atoms with Crippen LogP contribution < -0.4 is 11.1 Å². The van der Waals surface area contributed by atoms with E-state index in [-0.39, 0.29) is 16.9 Å². The number of hydrogen-bond donors (Lipinski definition) is 2. The van der Waals surface area contributed by atoms with E-state index in [4.69, 9.17) is 5.73 Å². The number of methoxy groups -OCH3 is 1. The van der Waals surface area contributed by atoms with Crippen molar-refractivity contribution in [2.24, 2.45) is 0 Å². The third-order valence-corrected chi connectivity index (χ3v) is 3.83. The Labute approximate surface area is 129 Å². The monoisotopic (exact) mass is 314 g/mol. The highest BCUT2D eigenvalue weighted by Gasteiger charge is 2.14. The molecule has 0 radical (unpaired) electrons. The van der Waals surface area contributed by atoms with E-state index in [1.165, 1.54) is 31.8 Å². The Balaban J connectivity index is 2.49. The first-order valence-electron chi connectivity index (χ1n) is 7.00. The van der Waals surface area contributed by atoms with Gasteiger partial charge in [0.25, 0.3) is 0 Å². The number of thioether (sulfide) groups is 1. The van der Waals surface area contributed by atoms with E-state index < -0.39 is 11.8 Å². The lowest BCUT2D eigenvalue weighted by molar-refractivity contribution is 0.0602. The molecule has 0 heterocycles. The standard InChI is InChI=1S/C15H23FN2O2S/c1-20-15(19)11-9-14(12(16)10-13(11)17)18-7-5-3-4-6-8-21-2/h9-10,18H,3-8,17H2,1-2H3. The average molecular weight is 314 g/mol. The summed E-state index contributed by atoms with van der Waals surface area (Å²) in [5, 5.41) is 3.01. The van der Waals surface area contributed by atoms with Gasteiger partial charge in [-0.25, -0.2) is 9.18 Å². The SMILES string of the molecule is COC(=O)c1cc(NCCCCCCSC)c(F)cc1N. The van der Waals surface area contributed by atoms with Gasteiger partial charge < -0.3 is 15.8 Å². The zero-order valence-corrected chi connectivity index (χ0v) is 13.4. The molecule has 1 rings (SSSR count). The molecule has 1 aromatic rings. The second-order valence-electron chi connectivity index (χ2n) is 4.74. The molecule has 0 unspecified atom stereocenters. The highest BCUT2D eigenvalue weighted by atomic mass is 32.2. The van der Waals surface area contributed by atoms with E-state index in [2.05, 4.69) is 16.3 Å². The number of carbonyl (C=O) groups excluding carboxylic acids is 1. The van der Waals surface area contributed by atoms with Crippen LogP contribution in [0.3, 0.4) is 0 Å². The van der Waals surface area contributed by atoms with Gasteiger partial charge in [-0.2, -0.15) is 11.8 Å². The summed E-state index contributed by atoms with van der Waals surface area (Å²) in [5.74, 6) is 0.165. The minimum Gasteiger partial charge on any atom is -0.465 e. The van der Waals surface area contributed by atoms with Gasteiger partial charge in [-0.15, -0.1) is 0 Å². The number of nitrogens with one attached hydrogen (secondary N) is 1. The number of halogens is 1. The average Bonchev–Trinajstić information content (AvgIpc) is 2.47. The number of anilines is 2. The molecule has 21 heavy (non-hydrogen) atoms. The van der Waals surface area contributed by atoms with Gasteiger partial charge in [0.15, 0.2) is 0 Å². The molecular formula is C15H23FN2O2S. The molecule has 0 aromatic heterocycles. The predicted molar refractivity (Wildman–Crippen MR) is 87.5 cm³/mol. The highest BCUT2D eigenvalue weighted by Crippen LogP contribution is 2.23. The number of unbranched alkanes of at least 4 members (excludes halogenated alkanes) is 3. The normalized spacial score (nSPS) is 10.4. The van der Waals surface area contributed by atoms with E-state index >= 15 is 0 Å². The lowest BCUT2D eigenvalue weighted by Gasteiger charge is -2.11. The van der Waals surface area contributed by atoms with E-state index in [1.54, 1.807) is 0 Å². The Hall–Kier alpha value is -1.43. The maximum Gasteiger partial charge on any atom is 0.340 e. The molecule has 3 N–H and O–H groups in total. The summed E-state index contributed by atoms with van der Waals surface area (Å²) in [5.41, 5.74) is 6.17. The van der Waals surface area contributed by atoms with Gasteiger partial charge in [0.1, 0.15) is 5.82 Å². The van der Waals surface area contributed by atoms with Crippen LogP contribution in [0, 0.1) is 5.82 Å². The minimum atomic E-state index is -0.562.